The molecule has 2 rings (SSSR count). The Morgan fingerprint density at radius 1 is 1.39 bits per heavy atom. The van der Waals surface area contributed by atoms with E-state index >= 15 is 0 Å². The minimum absolute atomic E-state index is 0.0244. The van der Waals surface area contributed by atoms with Crippen LogP contribution in [-0.4, -0.2) is 53.3 Å². The second kappa shape index (κ2) is 5.48. The highest BCUT2D eigenvalue weighted by Crippen LogP contribution is 2.20. The molecule has 0 N–H and O–H groups in total. The monoisotopic (exact) mass is 267 g/mol. The number of carbonyl (C=O) groups excluding carboxylic acids is 2. The largest absolute Gasteiger partial charge is 0.342 e. The first kappa shape index (κ1) is 13.0. The van der Waals surface area contributed by atoms with Crippen molar-refractivity contribution in [3.8, 4) is 0 Å². The van der Waals surface area contributed by atoms with E-state index < -0.39 is 0 Å². The fourth-order valence-electron chi connectivity index (χ4n) is 1.84. The van der Waals surface area contributed by atoms with Gasteiger partial charge in [-0.3, -0.25) is 9.59 Å². The van der Waals surface area contributed by atoms with E-state index in [9.17, 15) is 9.59 Å². The molecule has 0 saturated carbocycles. The van der Waals surface area contributed by atoms with Crippen LogP contribution in [0.1, 0.15) is 35.3 Å². The smallest absolute Gasteiger partial charge is 0.273 e. The van der Waals surface area contributed by atoms with E-state index in [1.54, 1.807) is 9.80 Å². The molecule has 1 aromatic heterocycles. The van der Waals surface area contributed by atoms with Gasteiger partial charge in [-0.2, -0.15) is 0 Å². The van der Waals surface area contributed by atoms with Crippen LogP contribution in [0.5, 0.6) is 0 Å². The quantitative estimate of drug-likeness (QED) is 0.773. The van der Waals surface area contributed by atoms with E-state index in [4.69, 9.17) is 0 Å². The maximum absolute atomic E-state index is 12.2. The summed E-state index contributed by atoms with van der Waals surface area (Å²) in [6.07, 6.45) is 0.835. The number of hydrogen-bond acceptors (Lipinski definition) is 4. The summed E-state index contributed by atoms with van der Waals surface area (Å²) in [6.45, 7) is 6.52. The van der Waals surface area contributed by atoms with Crippen molar-refractivity contribution < 1.29 is 9.59 Å². The zero-order valence-corrected chi connectivity index (χ0v) is 11.4. The van der Waals surface area contributed by atoms with Gasteiger partial charge in [0.1, 0.15) is 5.69 Å². The van der Waals surface area contributed by atoms with Crippen molar-refractivity contribution in [3.63, 3.8) is 0 Å². The van der Waals surface area contributed by atoms with Crippen LogP contribution in [0.25, 0.3) is 0 Å². The molecular weight excluding hydrogens is 250 g/mol. The lowest BCUT2D eigenvalue weighted by atomic mass is 10.2. The molecule has 1 aliphatic heterocycles. The summed E-state index contributed by atoms with van der Waals surface area (Å²) in [4.78, 5) is 30.6. The summed E-state index contributed by atoms with van der Waals surface area (Å²) in [6, 6.07) is 0. The SMILES string of the molecule is CC(C)c1nc(C(=O)N2CCN(C=O)CC2)cs1. The van der Waals surface area contributed by atoms with Crippen molar-refractivity contribution in [3.05, 3.63) is 16.1 Å². The summed E-state index contributed by atoms with van der Waals surface area (Å²) >= 11 is 1.53. The maximum atomic E-state index is 12.2. The van der Waals surface area contributed by atoms with Gasteiger partial charge in [-0.1, -0.05) is 13.8 Å². The number of piperazine rings is 1. The van der Waals surface area contributed by atoms with Gasteiger partial charge in [0.15, 0.2) is 0 Å². The van der Waals surface area contributed by atoms with E-state index in [1.807, 2.05) is 5.38 Å². The lowest BCUT2D eigenvalue weighted by molar-refractivity contribution is -0.119. The highest BCUT2D eigenvalue weighted by molar-refractivity contribution is 7.09. The van der Waals surface area contributed by atoms with Crippen molar-refractivity contribution in [2.75, 3.05) is 26.2 Å². The van der Waals surface area contributed by atoms with E-state index in [1.165, 1.54) is 11.3 Å². The summed E-state index contributed by atoms with van der Waals surface area (Å²) in [7, 11) is 0. The van der Waals surface area contributed by atoms with E-state index in [0.717, 1.165) is 11.4 Å². The Hall–Kier alpha value is -1.43. The molecule has 0 aliphatic carbocycles. The van der Waals surface area contributed by atoms with Gasteiger partial charge >= 0.3 is 0 Å². The number of thiazole rings is 1. The van der Waals surface area contributed by atoms with Gasteiger partial charge in [-0.25, -0.2) is 4.98 Å². The number of aromatic nitrogens is 1. The molecular formula is C12H17N3O2S. The number of rotatable bonds is 3. The number of amides is 2. The molecule has 2 amide bonds. The minimum Gasteiger partial charge on any atom is -0.342 e. The van der Waals surface area contributed by atoms with Crippen LogP contribution in [0, 0.1) is 0 Å². The lowest BCUT2D eigenvalue weighted by Crippen LogP contribution is -2.48. The predicted octanol–water partition coefficient (Wildman–Crippen LogP) is 1.18. The third kappa shape index (κ3) is 2.69. The van der Waals surface area contributed by atoms with Gasteiger partial charge in [0, 0.05) is 37.5 Å². The fourth-order valence-corrected chi connectivity index (χ4v) is 2.65. The first-order valence-electron chi connectivity index (χ1n) is 6.06. The fraction of sp³-hybridized carbons (Fsp3) is 0.583. The van der Waals surface area contributed by atoms with E-state index in [-0.39, 0.29) is 5.91 Å². The lowest BCUT2D eigenvalue weighted by Gasteiger charge is -2.32. The van der Waals surface area contributed by atoms with Crippen LogP contribution in [0.3, 0.4) is 0 Å². The maximum Gasteiger partial charge on any atom is 0.273 e. The van der Waals surface area contributed by atoms with Gasteiger partial charge in [0.25, 0.3) is 5.91 Å². The van der Waals surface area contributed by atoms with Crippen LogP contribution in [-0.2, 0) is 4.79 Å². The number of nitrogens with zero attached hydrogens (tertiary/aromatic N) is 3. The first-order chi connectivity index (χ1) is 8.61. The molecule has 0 aromatic carbocycles. The normalized spacial score (nSPS) is 16.2. The van der Waals surface area contributed by atoms with Crippen LogP contribution >= 0.6 is 11.3 Å². The molecule has 0 bridgehead atoms. The number of carbonyl (C=O) groups is 2. The summed E-state index contributed by atoms with van der Waals surface area (Å²) in [5.74, 6) is 0.326. The molecule has 1 aliphatic rings. The van der Waals surface area contributed by atoms with Gasteiger partial charge in [-0.15, -0.1) is 11.3 Å². The Kier molecular flexibility index (Phi) is 3.96. The van der Waals surface area contributed by atoms with Crippen LogP contribution in [0.4, 0.5) is 0 Å². The zero-order chi connectivity index (χ0) is 13.1. The third-order valence-corrected chi connectivity index (χ3v) is 4.13. The average Bonchev–Trinajstić information content (AvgIpc) is 2.88. The second-order valence-electron chi connectivity index (χ2n) is 4.66. The molecule has 0 atom stereocenters. The Bertz CT molecular complexity index is 436. The highest BCUT2D eigenvalue weighted by Gasteiger charge is 2.23. The molecule has 0 unspecified atom stereocenters. The van der Waals surface area contributed by atoms with E-state index in [2.05, 4.69) is 18.8 Å². The second-order valence-corrected chi connectivity index (χ2v) is 5.55. The molecule has 5 nitrogen and oxygen atoms in total. The van der Waals surface area contributed by atoms with Crippen molar-refractivity contribution in [2.24, 2.45) is 0 Å². The Balaban J connectivity index is 2.00. The topological polar surface area (TPSA) is 53.5 Å². The standard InChI is InChI=1S/C12H17N3O2S/c1-9(2)11-13-10(7-18-11)12(17)15-5-3-14(8-16)4-6-15/h7-9H,3-6H2,1-2H3. The molecule has 1 aromatic rings. The molecule has 18 heavy (non-hydrogen) atoms. The summed E-state index contributed by atoms with van der Waals surface area (Å²) in [5.41, 5.74) is 0.531. The van der Waals surface area contributed by atoms with Crippen molar-refractivity contribution in [1.29, 1.82) is 0 Å². The highest BCUT2D eigenvalue weighted by atomic mass is 32.1. The number of hydrogen-bond donors (Lipinski definition) is 0. The molecule has 98 valence electrons. The van der Waals surface area contributed by atoms with E-state index in [0.29, 0.717) is 37.8 Å². The summed E-state index contributed by atoms with van der Waals surface area (Å²) in [5, 5.41) is 2.81. The summed E-state index contributed by atoms with van der Waals surface area (Å²) < 4.78 is 0. The zero-order valence-electron chi connectivity index (χ0n) is 10.6. The van der Waals surface area contributed by atoms with Gasteiger partial charge < -0.3 is 9.80 Å². The van der Waals surface area contributed by atoms with Crippen LogP contribution in [0.2, 0.25) is 0 Å². The minimum atomic E-state index is -0.0244. The molecule has 6 heteroatoms. The van der Waals surface area contributed by atoms with Gasteiger partial charge in [0.2, 0.25) is 6.41 Å². The van der Waals surface area contributed by atoms with Crippen molar-refractivity contribution >= 4 is 23.7 Å². The Labute approximate surface area is 110 Å². The molecule has 0 spiro atoms. The molecule has 0 radical (unpaired) electrons. The predicted molar refractivity (Wildman–Crippen MR) is 69.7 cm³/mol. The Morgan fingerprint density at radius 3 is 2.56 bits per heavy atom. The molecule has 1 fully saturated rings. The third-order valence-electron chi connectivity index (χ3n) is 2.99. The molecule has 2 heterocycles. The van der Waals surface area contributed by atoms with Crippen molar-refractivity contribution in [2.45, 2.75) is 19.8 Å². The Morgan fingerprint density at radius 2 is 2.06 bits per heavy atom. The van der Waals surface area contributed by atoms with Gasteiger partial charge in [-0.05, 0) is 0 Å². The van der Waals surface area contributed by atoms with Crippen LogP contribution in [0.15, 0.2) is 5.38 Å². The molecule has 1 saturated heterocycles. The van der Waals surface area contributed by atoms with Gasteiger partial charge in [0.05, 0.1) is 5.01 Å². The van der Waals surface area contributed by atoms with Crippen LogP contribution < -0.4 is 0 Å². The average molecular weight is 267 g/mol. The van der Waals surface area contributed by atoms with Crippen molar-refractivity contribution in [1.82, 2.24) is 14.8 Å². The first-order valence-corrected chi connectivity index (χ1v) is 6.94.